The molecule has 4 heteroatoms. The van der Waals surface area contributed by atoms with Gasteiger partial charge in [0.25, 0.3) is 0 Å². The first kappa shape index (κ1) is 16.8. The third-order valence-electron chi connectivity index (χ3n) is 4.96. The fourth-order valence-corrected chi connectivity index (χ4v) is 3.71. The summed E-state index contributed by atoms with van der Waals surface area (Å²) < 4.78 is 5.43. The second-order valence-electron chi connectivity index (χ2n) is 6.79. The number of nitrogens with zero attached hydrogens (tertiary/aromatic N) is 1. The molecule has 0 saturated heterocycles. The van der Waals surface area contributed by atoms with Crippen LogP contribution in [0, 0.1) is 5.92 Å². The van der Waals surface area contributed by atoms with E-state index in [-0.39, 0.29) is 5.97 Å². The Morgan fingerprint density at radius 1 is 1.29 bits per heavy atom. The summed E-state index contributed by atoms with van der Waals surface area (Å²) in [5.74, 6) is 0.425. The maximum Gasteiger partial charge on any atom is 0.326 e. The smallest absolute Gasteiger partial charge is 0.326 e. The van der Waals surface area contributed by atoms with Gasteiger partial charge in [0.15, 0.2) is 0 Å². The lowest BCUT2D eigenvalue weighted by Crippen LogP contribution is -2.56. The first-order valence-corrected chi connectivity index (χ1v) is 8.75. The summed E-state index contributed by atoms with van der Waals surface area (Å²) in [6, 6.07) is 0.545. The quantitative estimate of drug-likeness (QED) is 0.664. The van der Waals surface area contributed by atoms with Crippen LogP contribution in [0.5, 0.6) is 0 Å². The van der Waals surface area contributed by atoms with Crippen molar-refractivity contribution in [3.05, 3.63) is 0 Å². The summed E-state index contributed by atoms with van der Waals surface area (Å²) in [6.07, 6.45) is 7.94. The predicted molar refractivity (Wildman–Crippen MR) is 85.3 cm³/mol. The number of rotatable bonds is 9. The van der Waals surface area contributed by atoms with Gasteiger partial charge in [0.2, 0.25) is 0 Å². The molecule has 0 aromatic heterocycles. The molecule has 2 rings (SSSR count). The lowest BCUT2D eigenvalue weighted by Gasteiger charge is -2.35. The minimum Gasteiger partial charge on any atom is -0.465 e. The molecular formula is C17H32N2O2. The monoisotopic (exact) mass is 296 g/mol. The van der Waals surface area contributed by atoms with Gasteiger partial charge in [-0.15, -0.1) is 0 Å². The Morgan fingerprint density at radius 3 is 2.67 bits per heavy atom. The van der Waals surface area contributed by atoms with E-state index in [1.165, 1.54) is 19.3 Å². The third-order valence-corrected chi connectivity index (χ3v) is 4.96. The number of carbonyl (C=O) groups excluding carboxylic acids is 1. The van der Waals surface area contributed by atoms with Crippen LogP contribution in [0.2, 0.25) is 0 Å². The Labute approximate surface area is 129 Å². The molecule has 2 aliphatic carbocycles. The molecule has 4 nitrogen and oxygen atoms in total. The fraction of sp³-hybridized carbons (Fsp3) is 0.941. The zero-order valence-electron chi connectivity index (χ0n) is 14.0. The Kier molecular flexibility index (Phi) is 6.06. The molecule has 0 aliphatic heterocycles. The molecule has 2 fully saturated rings. The van der Waals surface area contributed by atoms with Crippen LogP contribution < -0.4 is 5.32 Å². The number of ether oxygens (including phenoxy) is 1. The standard InChI is InChI=1S/C17H32N2O2/c1-4-12-19(3)13-10-14-7-6-11-17(14,16(20)21-5-2)18-15-8-9-15/h14-15,18H,4-13H2,1-3H3. The van der Waals surface area contributed by atoms with Crippen molar-refractivity contribution in [1.82, 2.24) is 10.2 Å². The summed E-state index contributed by atoms with van der Waals surface area (Å²) >= 11 is 0. The average molecular weight is 296 g/mol. The van der Waals surface area contributed by atoms with E-state index >= 15 is 0 Å². The molecule has 0 heterocycles. The molecule has 0 radical (unpaired) electrons. The van der Waals surface area contributed by atoms with Crippen LogP contribution in [0.3, 0.4) is 0 Å². The van der Waals surface area contributed by atoms with Gasteiger partial charge in [-0.25, -0.2) is 0 Å². The van der Waals surface area contributed by atoms with Crippen molar-refractivity contribution in [3.63, 3.8) is 0 Å². The van der Waals surface area contributed by atoms with Crippen LogP contribution in [0.25, 0.3) is 0 Å². The van der Waals surface area contributed by atoms with Crippen molar-refractivity contribution in [2.75, 3.05) is 26.7 Å². The van der Waals surface area contributed by atoms with Crippen LogP contribution in [-0.2, 0) is 9.53 Å². The second-order valence-corrected chi connectivity index (χ2v) is 6.79. The van der Waals surface area contributed by atoms with Crippen molar-refractivity contribution < 1.29 is 9.53 Å². The van der Waals surface area contributed by atoms with Crippen molar-refractivity contribution in [1.29, 1.82) is 0 Å². The highest BCUT2D eigenvalue weighted by Crippen LogP contribution is 2.41. The Bertz CT molecular complexity index is 344. The largest absolute Gasteiger partial charge is 0.465 e. The Morgan fingerprint density at radius 2 is 2.05 bits per heavy atom. The maximum atomic E-state index is 12.6. The second kappa shape index (κ2) is 7.59. The molecule has 122 valence electrons. The van der Waals surface area contributed by atoms with Crippen LogP contribution in [-0.4, -0.2) is 49.2 Å². The van der Waals surface area contributed by atoms with Gasteiger partial charge in [-0.1, -0.05) is 13.3 Å². The topological polar surface area (TPSA) is 41.6 Å². The Hall–Kier alpha value is -0.610. The molecule has 2 saturated carbocycles. The van der Waals surface area contributed by atoms with E-state index in [1.807, 2.05) is 6.92 Å². The minimum atomic E-state index is -0.399. The molecular weight excluding hydrogens is 264 g/mol. The lowest BCUT2D eigenvalue weighted by molar-refractivity contribution is -0.153. The summed E-state index contributed by atoms with van der Waals surface area (Å²) in [5, 5.41) is 3.66. The van der Waals surface area contributed by atoms with Gasteiger partial charge in [0.05, 0.1) is 6.61 Å². The molecule has 2 atom stereocenters. The zero-order chi connectivity index (χ0) is 15.3. The predicted octanol–water partition coefficient (Wildman–Crippen LogP) is 2.57. The molecule has 0 aromatic rings. The zero-order valence-corrected chi connectivity index (χ0v) is 14.0. The van der Waals surface area contributed by atoms with E-state index in [4.69, 9.17) is 4.74 Å². The number of carbonyl (C=O) groups is 1. The van der Waals surface area contributed by atoms with Gasteiger partial charge >= 0.3 is 5.97 Å². The minimum absolute atomic E-state index is 0.00227. The summed E-state index contributed by atoms with van der Waals surface area (Å²) in [5.41, 5.74) is -0.399. The lowest BCUT2D eigenvalue weighted by atomic mass is 9.84. The highest BCUT2D eigenvalue weighted by atomic mass is 16.5. The van der Waals surface area contributed by atoms with E-state index in [9.17, 15) is 4.79 Å². The van der Waals surface area contributed by atoms with E-state index in [0.29, 0.717) is 18.6 Å². The van der Waals surface area contributed by atoms with Crippen molar-refractivity contribution in [3.8, 4) is 0 Å². The van der Waals surface area contributed by atoms with Gasteiger partial charge in [-0.2, -0.15) is 0 Å². The number of nitrogens with one attached hydrogen (secondary N) is 1. The molecule has 0 amide bonds. The summed E-state index contributed by atoms with van der Waals surface area (Å²) in [6.45, 7) is 6.81. The van der Waals surface area contributed by atoms with Gasteiger partial charge in [-0.3, -0.25) is 10.1 Å². The first-order chi connectivity index (χ1) is 10.1. The average Bonchev–Trinajstić information content (AvgIpc) is 3.16. The number of hydrogen-bond acceptors (Lipinski definition) is 4. The van der Waals surface area contributed by atoms with E-state index in [2.05, 4.69) is 24.2 Å². The molecule has 1 N–H and O–H groups in total. The van der Waals surface area contributed by atoms with Crippen molar-refractivity contribution >= 4 is 5.97 Å². The van der Waals surface area contributed by atoms with E-state index < -0.39 is 5.54 Å². The van der Waals surface area contributed by atoms with Crippen LogP contribution in [0.4, 0.5) is 0 Å². The van der Waals surface area contributed by atoms with Gasteiger partial charge in [0, 0.05) is 6.04 Å². The SMILES string of the molecule is CCCN(C)CCC1CCCC1(NC1CC1)C(=O)OCC. The maximum absolute atomic E-state index is 12.6. The highest BCUT2D eigenvalue weighted by molar-refractivity contribution is 5.82. The molecule has 0 aromatic carbocycles. The normalized spacial score (nSPS) is 29.0. The number of hydrogen-bond donors (Lipinski definition) is 1. The van der Waals surface area contributed by atoms with Gasteiger partial charge in [-0.05, 0) is 71.5 Å². The molecule has 0 spiro atoms. The third kappa shape index (κ3) is 4.19. The fourth-order valence-electron chi connectivity index (χ4n) is 3.71. The summed E-state index contributed by atoms with van der Waals surface area (Å²) in [4.78, 5) is 15.0. The Balaban J connectivity index is 2.00. The van der Waals surface area contributed by atoms with Gasteiger partial charge < -0.3 is 9.64 Å². The van der Waals surface area contributed by atoms with E-state index in [0.717, 1.165) is 38.8 Å². The number of esters is 1. The molecule has 2 unspecified atom stereocenters. The van der Waals surface area contributed by atoms with Crippen LogP contribution >= 0.6 is 0 Å². The first-order valence-electron chi connectivity index (χ1n) is 8.75. The molecule has 2 aliphatic rings. The van der Waals surface area contributed by atoms with E-state index in [1.54, 1.807) is 0 Å². The molecule has 21 heavy (non-hydrogen) atoms. The highest BCUT2D eigenvalue weighted by Gasteiger charge is 2.51. The molecule has 0 bridgehead atoms. The van der Waals surface area contributed by atoms with Crippen LogP contribution in [0.15, 0.2) is 0 Å². The van der Waals surface area contributed by atoms with Crippen LogP contribution in [0.1, 0.15) is 58.8 Å². The van der Waals surface area contributed by atoms with Crippen molar-refractivity contribution in [2.45, 2.75) is 70.4 Å². The van der Waals surface area contributed by atoms with Gasteiger partial charge in [0.1, 0.15) is 5.54 Å². The summed E-state index contributed by atoms with van der Waals surface area (Å²) in [7, 11) is 2.18. The van der Waals surface area contributed by atoms with Crippen molar-refractivity contribution in [2.24, 2.45) is 5.92 Å².